The molecular weight excluding hydrogens is 847 g/mol. The minimum Gasteiger partial charge on any atom is -0.331 e. The molecule has 0 saturated heterocycles. The zero-order chi connectivity index (χ0) is 50.4. The van der Waals surface area contributed by atoms with Gasteiger partial charge >= 0.3 is 0 Å². The summed E-state index contributed by atoms with van der Waals surface area (Å²) in [7, 11) is 3.73. The van der Waals surface area contributed by atoms with E-state index in [1.165, 1.54) is 0 Å². The number of aryl methyl sites for hydroxylation is 4. The van der Waals surface area contributed by atoms with E-state index in [-0.39, 0.29) is 11.8 Å². The maximum Gasteiger partial charge on any atom is 0.256 e. The van der Waals surface area contributed by atoms with Gasteiger partial charge in [0.25, 0.3) is 11.8 Å². The summed E-state index contributed by atoms with van der Waals surface area (Å²) in [5.41, 5.74) is 15.5. The quantitative estimate of drug-likeness (QED) is 0.115. The lowest BCUT2D eigenvalue weighted by atomic mass is 10.1. The Bertz CT molecular complexity index is 2280. The predicted octanol–water partition coefficient (Wildman–Crippen LogP) is 11.3. The van der Waals surface area contributed by atoms with E-state index in [9.17, 15) is 9.59 Å². The van der Waals surface area contributed by atoms with E-state index in [1.807, 2.05) is 212 Å². The largest absolute Gasteiger partial charge is 0.331 e. The number of anilines is 2. The molecule has 0 fully saturated rings. The number of benzene rings is 5. The second-order valence-corrected chi connectivity index (χ2v) is 13.7. The van der Waals surface area contributed by atoms with Gasteiger partial charge in [-0.3, -0.25) is 9.59 Å². The van der Waals surface area contributed by atoms with Crippen molar-refractivity contribution in [1.82, 2.24) is 34.5 Å². The van der Waals surface area contributed by atoms with Crippen molar-refractivity contribution in [3.05, 3.63) is 199 Å². The van der Waals surface area contributed by atoms with E-state index >= 15 is 0 Å². The Hall–Kier alpha value is -7.61. The summed E-state index contributed by atoms with van der Waals surface area (Å²) in [5.74, 6) is 1.60. The summed E-state index contributed by atoms with van der Waals surface area (Å²) in [5, 5.41) is 21.6. The molecule has 0 aliphatic heterocycles. The third-order valence-corrected chi connectivity index (χ3v) is 8.55. The van der Waals surface area contributed by atoms with E-state index in [0.717, 1.165) is 54.1 Å². The Labute approximate surface area is 405 Å². The van der Waals surface area contributed by atoms with Gasteiger partial charge in [-0.25, -0.2) is 4.98 Å². The van der Waals surface area contributed by atoms with Gasteiger partial charge in [-0.2, -0.15) is 0 Å². The molecule has 5 aromatic carbocycles. The second-order valence-electron chi connectivity index (χ2n) is 13.7. The molecule has 13 nitrogen and oxygen atoms in total. The van der Waals surface area contributed by atoms with Gasteiger partial charge in [0.15, 0.2) is 11.6 Å². The van der Waals surface area contributed by atoms with E-state index < -0.39 is 0 Å². The molecule has 13 heteroatoms. The molecule has 2 amide bonds. The van der Waals surface area contributed by atoms with Crippen molar-refractivity contribution in [3.8, 4) is 22.9 Å². The Morgan fingerprint density at radius 1 is 0.500 bits per heavy atom. The normalized spacial score (nSPS) is 9.24. The highest BCUT2D eigenvalue weighted by molar-refractivity contribution is 6.05. The Kier molecular flexibility index (Phi) is 31.4. The summed E-state index contributed by atoms with van der Waals surface area (Å²) in [6.45, 7) is 17.4. The number of aromatic nitrogens is 7. The Morgan fingerprint density at radius 2 is 0.897 bits per heavy atom. The third kappa shape index (κ3) is 22.5. The molecule has 68 heavy (non-hydrogen) atoms. The average Bonchev–Trinajstić information content (AvgIpc) is 4.05. The van der Waals surface area contributed by atoms with Gasteiger partial charge < -0.3 is 31.2 Å². The predicted molar refractivity (Wildman–Crippen MR) is 283 cm³/mol. The topological polar surface area (TPSA) is 185 Å². The highest BCUT2D eigenvalue weighted by Crippen LogP contribution is 2.21. The van der Waals surface area contributed by atoms with Crippen molar-refractivity contribution in [2.24, 2.45) is 25.6 Å². The third-order valence-electron chi connectivity index (χ3n) is 8.55. The molecule has 360 valence electrons. The average molecular weight is 920 g/mol. The minimum absolute atomic E-state index is 0.115. The Morgan fingerprint density at radius 3 is 1.31 bits per heavy atom. The highest BCUT2D eigenvalue weighted by atomic mass is 16.2. The van der Waals surface area contributed by atoms with Crippen LogP contribution in [0.3, 0.4) is 0 Å². The second kappa shape index (κ2) is 36.6. The molecule has 0 aliphatic carbocycles. The number of carbonyl (C=O) groups is 2. The number of nitrogens with two attached hydrogens (primary N) is 2. The fourth-order valence-corrected chi connectivity index (χ4v) is 5.45. The van der Waals surface area contributed by atoms with Crippen LogP contribution >= 0.6 is 0 Å². The van der Waals surface area contributed by atoms with Crippen LogP contribution in [0.2, 0.25) is 0 Å². The van der Waals surface area contributed by atoms with Crippen molar-refractivity contribution >= 4 is 23.3 Å². The van der Waals surface area contributed by atoms with Gasteiger partial charge in [0.2, 0.25) is 0 Å². The van der Waals surface area contributed by atoms with Crippen LogP contribution in [0.1, 0.15) is 87.2 Å². The summed E-state index contributed by atoms with van der Waals surface area (Å²) < 4.78 is 3.62. The molecule has 0 saturated carbocycles. The van der Waals surface area contributed by atoms with Gasteiger partial charge in [0.05, 0.1) is 0 Å². The first-order chi connectivity index (χ1) is 33.2. The van der Waals surface area contributed by atoms with Crippen LogP contribution in [0.25, 0.3) is 22.9 Å². The summed E-state index contributed by atoms with van der Waals surface area (Å²) in [6, 6.07) is 52.2. The fraction of sp³-hybridized carbons (Fsp3) is 0.255. The number of rotatable bonds is 8. The van der Waals surface area contributed by atoms with Crippen LogP contribution in [0.15, 0.2) is 176 Å². The molecule has 0 bridgehead atoms. The van der Waals surface area contributed by atoms with Crippen molar-refractivity contribution in [3.63, 3.8) is 0 Å². The molecule has 6 N–H and O–H groups in total. The standard InChI is InChI=1S/C18H18N4O.C17H17N5O.2C6H6.2C2H7N.2C2H6/c1-3-13-6-4-8-15(10-13)18(23)20-16-9-5-7-14(11-16)17-21-19-12-22(17)2;1-3-12-6-4-7-13(10-12)17(23)20-15-9-5-8-14(19-15)16-21-18-11-22(16)2;2*1-2-4-6-5-3-1;2*1-2-3;2*1-2/h4-12H,3H2,1-2H3,(H,20,23);4-11H,3H2,1-2H3,(H,19,20,23);2*1-6H;2*2-3H2,1H3;2*1-2H3. The first-order valence-electron chi connectivity index (χ1n) is 23.1. The smallest absolute Gasteiger partial charge is 0.256 e. The van der Waals surface area contributed by atoms with Gasteiger partial charge in [-0.15, -0.1) is 20.4 Å². The zero-order valence-corrected chi connectivity index (χ0v) is 41.7. The maximum absolute atomic E-state index is 12.4. The van der Waals surface area contributed by atoms with E-state index in [4.69, 9.17) is 11.5 Å². The van der Waals surface area contributed by atoms with Crippen LogP contribution in [-0.4, -0.2) is 59.4 Å². The molecule has 0 aliphatic rings. The van der Waals surface area contributed by atoms with Crippen LogP contribution < -0.4 is 22.1 Å². The first-order valence-corrected chi connectivity index (χ1v) is 23.1. The summed E-state index contributed by atoms with van der Waals surface area (Å²) in [6.07, 6.45) is 5.05. The first kappa shape index (κ1) is 58.4. The minimum atomic E-state index is -0.178. The summed E-state index contributed by atoms with van der Waals surface area (Å²) >= 11 is 0. The van der Waals surface area contributed by atoms with Crippen molar-refractivity contribution in [2.75, 3.05) is 23.7 Å². The molecule has 8 aromatic rings. The maximum atomic E-state index is 12.4. The molecule has 0 spiro atoms. The highest BCUT2D eigenvalue weighted by Gasteiger charge is 2.12. The number of nitrogens with zero attached hydrogens (tertiary/aromatic N) is 7. The lowest BCUT2D eigenvalue weighted by molar-refractivity contribution is 0.101. The molecule has 8 rings (SSSR count). The van der Waals surface area contributed by atoms with E-state index in [1.54, 1.807) is 29.4 Å². The monoisotopic (exact) mass is 920 g/mol. The van der Waals surface area contributed by atoms with Crippen LogP contribution in [-0.2, 0) is 26.9 Å². The Balaban J connectivity index is 0.000000475. The van der Waals surface area contributed by atoms with Crippen LogP contribution in [0.5, 0.6) is 0 Å². The molecule has 0 unspecified atom stereocenters. The number of amides is 2. The SMILES string of the molecule is CC.CC.CCN.CCN.CCc1cccc(C(=O)Nc2cccc(-c3nncn3C)c2)c1.CCc1cccc(C(=O)Nc2cccc(-c3nncn3C)n2)c1.c1ccccc1.c1ccccc1. The lowest BCUT2D eigenvalue weighted by Gasteiger charge is -2.08. The van der Waals surface area contributed by atoms with Gasteiger partial charge in [0.1, 0.15) is 24.2 Å². The van der Waals surface area contributed by atoms with E-state index in [0.29, 0.717) is 28.5 Å². The lowest BCUT2D eigenvalue weighted by Crippen LogP contribution is -2.13. The number of hydrogen-bond donors (Lipinski definition) is 4. The van der Waals surface area contributed by atoms with Crippen LogP contribution in [0, 0.1) is 0 Å². The van der Waals surface area contributed by atoms with Gasteiger partial charge in [-0.05, 0) is 85.6 Å². The van der Waals surface area contributed by atoms with Crippen molar-refractivity contribution < 1.29 is 9.59 Å². The molecule has 0 radical (unpaired) electrons. The van der Waals surface area contributed by atoms with Gasteiger partial charge in [0, 0.05) is 36.5 Å². The molecule has 3 heterocycles. The number of nitrogens with one attached hydrogen (secondary N) is 2. The van der Waals surface area contributed by atoms with Crippen molar-refractivity contribution in [2.45, 2.75) is 68.2 Å². The van der Waals surface area contributed by atoms with Crippen LogP contribution in [0.4, 0.5) is 11.5 Å². The van der Waals surface area contributed by atoms with E-state index in [2.05, 4.69) is 49.9 Å². The molecule has 0 atom stereocenters. The van der Waals surface area contributed by atoms with Crippen molar-refractivity contribution in [1.29, 1.82) is 0 Å². The summed E-state index contributed by atoms with van der Waals surface area (Å²) in [4.78, 5) is 29.2. The number of hydrogen-bond acceptors (Lipinski definition) is 9. The zero-order valence-electron chi connectivity index (χ0n) is 41.7. The van der Waals surface area contributed by atoms with Gasteiger partial charge in [-0.1, -0.05) is 171 Å². The number of pyridine rings is 1. The molecule has 3 aromatic heterocycles. The molecular formula is C55H73N11O2. The number of carbonyl (C=O) groups excluding carboxylic acids is 2. The fourth-order valence-electron chi connectivity index (χ4n) is 5.45.